The average molecular weight is 593 g/mol. The molecule has 244 valence electrons. The molecule has 42 heavy (non-hydrogen) atoms. The Balaban J connectivity index is 3.95. The molecule has 0 saturated carbocycles. The Bertz CT molecular complexity index is 722. The van der Waals surface area contributed by atoms with Crippen LogP contribution in [0.4, 0.5) is 0 Å². The van der Waals surface area contributed by atoms with Gasteiger partial charge in [-0.2, -0.15) is 0 Å². The summed E-state index contributed by atoms with van der Waals surface area (Å²) in [6.07, 6.45) is 31.2. The predicted molar refractivity (Wildman–Crippen MR) is 174 cm³/mol. The van der Waals surface area contributed by atoms with Gasteiger partial charge in [0.25, 0.3) is 0 Å². The largest absolute Gasteiger partial charge is 0.480 e. The van der Waals surface area contributed by atoms with Gasteiger partial charge in [0, 0.05) is 12.8 Å². The van der Waals surface area contributed by atoms with Crippen molar-refractivity contribution in [2.45, 2.75) is 174 Å². The summed E-state index contributed by atoms with van der Waals surface area (Å²) in [6, 6.07) is -0.872. The summed E-state index contributed by atoms with van der Waals surface area (Å²) in [5.74, 6) is -1.34. The number of amides is 1. The molecule has 2 unspecified atom stereocenters. The summed E-state index contributed by atoms with van der Waals surface area (Å²) in [4.78, 5) is 35.8. The number of carbonyl (C=O) groups excluding carboxylic acids is 2. The molecule has 2 atom stereocenters. The van der Waals surface area contributed by atoms with Crippen LogP contribution in [-0.2, 0) is 19.1 Å². The number of allylic oxidation sites excluding steroid dienone is 4. The lowest BCUT2D eigenvalue weighted by molar-refractivity contribution is -0.150. The first-order chi connectivity index (χ1) is 20.4. The fraction of sp³-hybridized carbons (Fsp3) is 0.800. The van der Waals surface area contributed by atoms with Crippen LogP contribution in [0.3, 0.4) is 0 Å². The van der Waals surface area contributed by atoms with Crippen molar-refractivity contribution in [3.05, 3.63) is 24.3 Å². The summed E-state index contributed by atoms with van der Waals surface area (Å²) in [6.45, 7) is 4.79. The Morgan fingerprint density at radius 3 is 1.90 bits per heavy atom. The second kappa shape index (κ2) is 30.3. The number of nitrogens with one attached hydrogen (secondary N) is 1. The van der Waals surface area contributed by atoms with Gasteiger partial charge in [0.1, 0.15) is 12.1 Å². The smallest absolute Gasteiger partial charge is 0.326 e. The van der Waals surface area contributed by atoms with Crippen molar-refractivity contribution < 1.29 is 24.2 Å². The molecule has 0 radical (unpaired) electrons. The summed E-state index contributed by atoms with van der Waals surface area (Å²) < 4.78 is 5.81. The molecule has 0 aromatic carbocycles. The van der Waals surface area contributed by atoms with Crippen molar-refractivity contribution in [2.75, 3.05) is 6.54 Å². The van der Waals surface area contributed by atoms with Gasteiger partial charge < -0.3 is 20.9 Å². The second-order valence-corrected chi connectivity index (χ2v) is 11.6. The average Bonchev–Trinajstić information content (AvgIpc) is 2.97. The zero-order chi connectivity index (χ0) is 31.1. The summed E-state index contributed by atoms with van der Waals surface area (Å²) in [7, 11) is 0. The van der Waals surface area contributed by atoms with Crippen molar-refractivity contribution >= 4 is 17.8 Å². The van der Waals surface area contributed by atoms with E-state index in [1.807, 2.05) is 0 Å². The van der Waals surface area contributed by atoms with Gasteiger partial charge in [0.15, 0.2) is 0 Å². The summed E-state index contributed by atoms with van der Waals surface area (Å²) in [5, 5.41) is 11.8. The van der Waals surface area contributed by atoms with E-state index in [0.717, 1.165) is 70.6 Å². The van der Waals surface area contributed by atoms with Crippen LogP contribution in [0.5, 0.6) is 0 Å². The molecule has 0 aromatic rings. The van der Waals surface area contributed by atoms with Crippen molar-refractivity contribution in [3.63, 3.8) is 0 Å². The number of ether oxygens (including phenoxy) is 1. The SMILES string of the molecule is CCCCCC/C=C\C/C=C\CCCCCCCC(=O)OC(CCCC)CCCCCC(=O)NC(CCCN)C(=O)O. The van der Waals surface area contributed by atoms with Gasteiger partial charge >= 0.3 is 11.9 Å². The number of nitrogens with two attached hydrogens (primary N) is 1. The van der Waals surface area contributed by atoms with E-state index < -0.39 is 12.0 Å². The Kier molecular flexibility index (Phi) is 28.8. The van der Waals surface area contributed by atoms with Gasteiger partial charge in [-0.15, -0.1) is 0 Å². The fourth-order valence-corrected chi connectivity index (χ4v) is 4.88. The van der Waals surface area contributed by atoms with Gasteiger partial charge in [-0.25, -0.2) is 4.79 Å². The first-order valence-electron chi connectivity index (χ1n) is 17.2. The number of unbranched alkanes of at least 4 members (excludes halogenated alkanes) is 12. The first kappa shape index (κ1) is 39.8. The molecule has 0 rings (SSSR count). The van der Waals surface area contributed by atoms with E-state index in [4.69, 9.17) is 10.5 Å². The highest BCUT2D eigenvalue weighted by atomic mass is 16.5. The maximum Gasteiger partial charge on any atom is 0.326 e. The molecule has 0 aromatic heterocycles. The Labute approximate surface area is 257 Å². The maximum atomic E-state index is 12.4. The van der Waals surface area contributed by atoms with Crippen LogP contribution < -0.4 is 11.1 Å². The van der Waals surface area contributed by atoms with Crippen LogP contribution in [0.2, 0.25) is 0 Å². The van der Waals surface area contributed by atoms with Crippen molar-refractivity contribution in [2.24, 2.45) is 5.73 Å². The molecular weight excluding hydrogens is 528 g/mol. The quantitative estimate of drug-likeness (QED) is 0.0437. The number of esters is 1. The summed E-state index contributed by atoms with van der Waals surface area (Å²) >= 11 is 0. The van der Waals surface area contributed by atoms with Gasteiger partial charge in [-0.05, 0) is 83.6 Å². The predicted octanol–water partition coefficient (Wildman–Crippen LogP) is 8.55. The monoisotopic (exact) mass is 592 g/mol. The minimum absolute atomic E-state index is 0.0541. The third-order valence-electron chi connectivity index (χ3n) is 7.52. The van der Waals surface area contributed by atoms with E-state index in [1.165, 1.54) is 44.9 Å². The van der Waals surface area contributed by atoms with Crippen LogP contribution >= 0.6 is 0 Å². The Hall–Kier alpha value is -2.15. The first-order valence-corrected chi connectivity index (χ1v) is 17.2. The highest BCUT2D eigenvalue weighted by Crippen LogP contribution is 2.16. The van der Waals surface area contributed by atoms with Crippen LogP contribution in [-0.4, -0.2) is 41.6 Å². The zero-order valence-corrected chi connectivity index (χ0v) is 27.1. The highest BCUT2D eigenvalue weighted by Gasteiger charge is 2.19. The minimum Gasteiger partial charge on any atom is -0.480 e. The Morgan fingerprint density at radius 1 is 0.690 bits per heavy atom. The third-order valence-corrected chi connectivity index (χ3v) is 7.52. The van der Waals surface area contributed by atoms with E-state index in [1.54, 1.807) is 0 Å². The molecular formula is C35H64N2O5. The number of carboxylic acid groups (broad SMARTS) is 1. The topological polar surface area (TPSA) is 119 Å². The van der Waals surface area contributed by atoms with Gasteiger partial charge in [-0.3, -0.25) is 9.59 Å². The van der Waals surface area contributed by atoms with E-state index in [9.17, 15) is 19.5 Å². The van der Waals surface area contributed by atoms with Gasteiger partial charge in [-0.1, -0.05) is 95.9 Å². The molecule has 7 heteroatoms. The molecule has 0 heterocycles. The lowest BCUT2D eigenvalue weighted by atomic mass is 10.0. The molecule has 4 N–H and O–H groups in total. The van der Waals surface area contributed by atoms with Crippen LogP contribution in [0.25, 0.3) is 0 Å². The minimum atomic E-state index is -1.02. The lowest BCUT2D eigenvalue weighted by Gasteiger charge is -2.18. The third kappa shape index (κ3) is 26.7. The molecule has 0 saturated heterocycles. The normalized spacial score (nSPS) is 13.0. The number of rotatable bonds is 30. The number of aliphatic carboxylic acids is 1. The maximum absolute atomic E-state index is 12.4. The van der Waals surface area contributed by atoms with Crippen LogP contribution in [0.1, 0.15) is 162 Å². The molecule has 0 bridgehead atoms. The van der Waals surface area contributed by atoms with E-state index in [2.05, 4.69) is 43.5 Å². The van der Waals surface area contributed by atoms with E-state index >= 15 is 0 Å². The number of hydrogen-bond donors (Lipinski definition) is 3. The molecule has 0 aliphatic carbocycles. The Morgan fingerprint density at radius 2 is 1.26 bits per heavy atom. The van der Waals surface area contributed by atoms with Crippen molar-refractivity contribution in [1.82, 2.24) is 5.32 Å². The fourth-order valence-electron chi connectivity index (χ4n) is 4.88. The van der Waals surface area contributed by atoms with Crippen molar-refractivity contribution in [1.29, 1.82) is 0 Å². The number of hydrogen-bond acceptors (Lipinski definition) is 5. The summed E-state index contributed by atoms with van der Waals surface area (Å²) in [5.41, 5.74) is 5.44. The molecule has 1 amide bonds. The lowest BCUT2D eigenvalue weighted by Crippen LogP contribution is -2.40. The highest BCUT2D eigenvalue weighted by molar-refractivity contribution is 5.83. The van der Waals surface area contributed by atoms with Crippen molar-refractivity contribution in [3.8, 4) is 0 Å². The van der Waals surface area contributed by atoms with Gasteiger partial charge in [0.2, 0.25) is 5.91 Å². The molecule has 0 aliphatic heterocycles. The number of carboxylic acids is 1. The molecule has 0 fully saturated rings. The number of carbonyl (C=O) groups is 3. The zero-order valence-electron chi connectivity index (χ0n) is 27.1. The molecule has 7 nitrogen and oxygen atoms in total. The molecule has 0 spiro atoms. The van der Waals surface area contributed by atoms with Gasteiger partial charge in [0.05, 0.1) is 0 Å². The van der Waals surface area contributed by atoms with Crippen LogP contribution in [0, 0.1) is 0 Å². The molecule has 0 aliphatic rings. The second-order valence-electron chi connectivity index (χ2n) is 11.6. The van der Waals surface area contributed by atoms with E-state index in [-0.39, 0.29) is 18.0 Å². The van der Waals surface area contributed by atoms with Crippen LogP contribution in [0.15, 0.2) is 24.3 Å². The standard InChI is InChI=1S/C35H64N2O5/c1-3-5-7-8-9-10-11-12-13-14-15-16-17-18-19-23-29-34(39)42-31(25-6-4-2)26-21-20-22-28-33(38)37-32(35(40)41)27-24-30-36/h10-11,13-14,31-32H,3-9,12,15-30,36H2,1-2H3,(H,37,38)(H,40,41)/b11-10-,14-13-. The van der Waals surface area contributed by atoms with E-state index in [0.29, 0.717) is 38.6 Å².